The highest BCUT2D eigenvalue weighted by atomic mass is 16.6. The van der Waals surface area contributed by atoms with Gasteiger partial charge in [0.25, 0.3) is 0 Å². The Labute approximate surface area is 223 Å². The van der Waals surface area contributed by atoms with Crippen molar-refractivity contribution in [3.8, 4) is 0 Å². The van der Waals surface area contributed by atoms with Crippen molar-refractivity contribution in [2.75, 3.05) is 49.4 Å². The highest BCUT2D eigenvalue weighted by molar-refractivity contribution is 5.92. The summed E-state index contributed by atoms with van der Waals surface area (Å²) < 4.78 is 10.3. The third kappa shape index (κ3) is 7.95. The fraction of sp³-hybridized carbons (Fsp3) is 0.500. The molecule has 0 bridgehead atoms. The van der Waals surface area contributed by atoms with Crippen molar-refractivity contribution in [1.29, 1.82) is 0 Å². The molecule has 1 aliphatic rings. The topological polar surface area (TPSA) is 137 Å². The fourth-order valence-electron chi connectivity index (χ4n) is 3.66. The van der Waals surface area contributed by atoms with E-state index in [4.69, 9.17) is 9.47 Å². The van der Waals surface area contributed by atoms with Crippen LogP contribution in [0.25, 0.3) is 0 Å². The number of aliphatic carboxylic acids is 1. The van der Waals surface area contributed by atoms with Gasteiger partial charge in [-0.2, -0.15) is 4.98 Å². The molecule has 12 heteroatoms. The lowest BCUT2D eigenvalue weighted by Crippen LogP contribution is -2.39. The monoisotopic (exact) mass is 530 g/mol. The number of rotatable bonds is 11. The molecule has 0 fully saturated rings. The lowest BCUT2D eigenvalue weighted by molar-refractivity contribution is -0.137. The van der Waals surface area contributed by atoms with Crippen LogP contribution in [0.5, 0.6) is 0 Å². The van der Waals surface area contributed by atoms with Gasteiger partial charge in [0, 0.05) is 39.6 Å². The Kier molecular flexibility index (Phi) is 11.1. The smallest absolute Gasteiger partial charge is 0.414 e. The summed E-state index contributed by atoms with van der Waals surface area (Å²) in [6, 6.07) is -1.39. The second-order valence-corrected chi connectivity index (χ2v) is 8.97. The summed E-state index contributed by atoms with van der Waals surface area (Å²) in [6.45, 7) is 8.84. The van der Waals surface area contributed by atoms with E-state index in [-0.39, 0.29) is 18.3 Å². The second-order valence-electron chi connectivity index (χ2n) is 8.97. The van der Waals surface area contributed by atoms with Crippen LogP contribution in [0.3, 0.4) is 0 Å². The molecule has 1 aromatic rings. The van der Waals surface area contributed by atoms with E-state index in [1.54, 1.807) is 32.3 Å². The number of ether oxygens (including phenoxy) is 2. The quantitative estimate of drug-likeness (QED) is 0.431. The van der Waals surface area contributed by atoms with E-state index in [1.807, 2.05) is 38.7 Å². The van der Waals surface area contributed by atoms with Gasteiger partial charge in [0.15, 0.2) is 5.82 Å². The molecule has 0 aromatic carbocycles. The average Bonchev–Trinajstić information content (AvgIpc) is 3.09. The predicted octanol–water partition coefficient (Wildman–Crippen LogP) is 4.03. The number of aromatic nitrogens is 2. The molecule has 208 valence electrons. The summed E-state index contributed by atoms with van der Waals surface area (Å²) in [5.74, 6) is -0.115. The summed E-state index contributed by atoms with van der Waals surface area (Å²) >= 11 is 0. The first-order valence-electron chi connectivity index (χ1n) is 12.5. The lowest BCUT2D eigenvalue weighted by atomic mass is 10.0. The third-order valence-corrected chi connectivity index (χ3v) is 5.73. The molecule has 0 spiro atoms. The van der Waals surface area contributed by atoms with Gasteiger partial charge in [0.05, 0.1) is 13.3 Å². The molecular weight excluding hydrogens is 492 g/mol. The standard InChI is InChI=1S/C26H38N6O6/c1-8-31(9-2)24-27-16-21(32(17(3)4)26(36)37-7)22(29-24)28-20(23(33)34)15-18-11-10-12-19(14-13-18)38-25(35)30(5)6/h11-14,16-17,20H,8-10,15H2,1-7H3,(H,33,34)(H,27,28,29). The number of hydrogen-bond donors (Lipinski definition) is 2. The first-order valence-corrected chi connectivity index (χ1v) is 12.5. The number of nitrogens with one attached hydrogen (secondary N) is 1. The van der Waals surface area contributed by atoms with Crippen LogP contribution in [0, 0.1) is 0 Å². The maximum atomic E-state index is 12.6. The van der Waals surface area contributed by atoms with E-state index in [2.05, 4.69) is 15.3 Å². The van der Waals surface area contributed by atoms with Gasteiger partial charge in [0.1, 0.15) is 17.5 Å². The molecular formula is C26H38N6O6. The zero-order chi connectivity index (χ0) is 28.4. The van der Waals surface area contributed by atoms with Crippen molar-refractivity contribution in [2.45, 2.75) is 52.6 Å². The highest BCUT2D eigenvalue weighted by Crippen LogP contribution is 2.29. The Balaban J connectivity index is 2.39. The van der Waals surface area contributed by atoms with Gasteiger partial charge in [-0.1, -0.05) is 12.2 Å². The molecule has 2 amide bonds. The zero-order valence-corrected chi connectivity index (χ0v) is 23.1. The molecule has 12 nitrogen and oxygen atoms in total. The molecule has 0 radical (unpaired) electrons. The van der Waals surface area contributed by atoms with Gasteiger partial charge in [-0.25, -0.2) is 19.4 Å². The molecule has 0 saturated carbocycles. The van der Waals surface area contributed by atoms with Crippen LogP contribution in [0.4, 0.5) is 27.0 Å². The van der Waals surface area contributed by atoms with Crippen molar-refractivity contribution in [3.05, 3.63) is 41.8 Å². The summed E-state index contributed by atoms with van der Waals surface area (Å²) in [4.78, 5) is 50.4. The zero-order valence-electron chi connectivity index (χ0n) is 23.1. The Bertz CT molecular complexity index is 1090. The average molecular weight is 531 g/mol. The molecule has 1 aliphatic carbocycles. The van der Waals surface area contributed by atoms with Crippen LogP contribution in [0.2, 0.25) is 0 Å². The van der Waals surface area contributed by atoms with Crippen molar-refractivity contribution in [1.82, 2.24) is 14.9 Å². The number of amides is 2. The van der Waals surface area contributed by atoms with Gasteiger partial charge in [0.2, 0.25) is 5.95 Å². The van der Waals surface area contributed by atoms with Gasteiger partial charge >= 0.3 is 18.2 Å². The van der Waals surface area contributed by atoms with Crippen molar-refractivity contribution < 1.29 is 29.0 Å². The Morgan fingerprint density at radius 1 is 1.11 bits per heavy atom. The summed E-state index contributed by atoms with van der Waals surface area (Å²) in [6.07, 6.45) is 7.90. The molecule has 1 atom stereocenters. The van der Waals surface area contributed by atoms with Crippen LogP contribution < -0.4 is 15.1 Å². The van der Waals surface area contributed by atoms with Crippen LogP contribution >= 0.6 is 0 Å². The molecule has 2 rings (SSSR count). The molecule has 1 heterocycles. The van der Waals surface area contributed by atoms with Crippen molar-refractivity contribution >= 4 is 35.6 Å². The molecule has 2 N–H and O–H groups in total. The largest absolute Gasteiger partial charge is 0.480 e. The molecule has 38 heavy (non-hydrogen) atoms. The molecule has 1 unspecified atom stereocenters. The van der Waals surface area contributed by atoms with Gasteiger partial charge in [-0.3, -0.25) is 4.90 Å². The minimum atomic E-state index is -1.10. The van der Waals surface area contributed by atoms with E-state index in [0.29, 0.717) is 36.9 Å². The van der Waals surface area contributed by atoms with Gasteiger partial charge < -0.3 is 29.7 Å². The number of carbonyl (C=O) groups excluding carboxylic acids is 2. The Morgan fingerprint density at radius 2 is 1.79 bits per heavy atom. The fourth-order valence-corrected chi connectivity index (χ4v) is 3.66. The van der Waals surface area contributed by atoms with E-state index in [1.165, 1.54) is 23.1 Å². The number of anilines is 3. The first kappa shape index (κ1) is 30.1. The molecule has 0 aliphatic heterocycles. The minimum absolute atomic E-state index is 0.110. The maximum absolute atomic E-state index is 12.6. The Hall–Kier alpha value is -4.09. The molecule has 1 aromatic heterocycles. The van der Waals surface area contributed by atoms with E-state index in [0.717, 1.165) is 5.57 Å². The van der Waals surface area contributed by atoms with Crippen molar-refractivity contribution in [2.24, 2.45) is 0 Å². The molecule has 0 saturated heterocycles. The number of allylic oxidation sites excluding steroid dienone is 4. The predicted molar refractivity (Wildman–Crippen MR) is 145 cm³/mol. The SMILES string of the molecule is CCN(CC)c1ncc(N(C(=O)OC)C(C)C)c(NC(CC2=CCC=C(OC(=O)N(C)C)C=C2)C(=O)O)n1. The first-order chi connectivity index (χ1) is 18.0. The van der Waals surface area contributed by atoms with E-state index >= 15 is 0 Å². The van der Waals surface area contributed by atoms with E-state index < -0.39 is 24.2 Å². The third-order valence-electron chi connectivity index (χ3n) is 5.73. The van der Waals surface area contributed by atoms with Crippen molar-refractivity contribution in [3.63, 3.8) is 0 Å². The van der Waals surface area contributed by atoms with E-state index in [9.17, 15) is 19.5 Å². The lowest BCUT2D eigenvalue weighted by Gasteiger charge is -2.29. The number of nitrogens with zero attached hydrogens (tertiary/aromatic N) is 5. The number of carboxylic acids is 1. The van der Waals surface area contributed by atoms with Gasteiger partial charge in [-0.05, 0) is 51.8 Å². The van der Waals surface area contributed by atoms with Crippen LogP contribution in [0.15, 0.2) is 41.8 Å². The van der Waals surface area contributed by atoms with Crippen LogP contribution in [-0.2, 0) is 14.3 Å². The minimum Gasteiger partial charge on any atom is -0.480 e. The summed E-state index contributed by atoms with van der Waals surface area (Å²) in [5, 5.41) is 13.1. The van der Waals surface area contributed by atoms with Crippen LogP contribution in [-0.4, -0.2) is 84.5 Å². The normalized spacial score (nSPS) is 13.6. The van der Waals surface area contributed by atoms with Gasteiger partial charge in [-0.15, -0.1) is 0 Å². The number of carboxylic acid groups (broad SMARTS) is 1. The summed E-state index contributed by atoms with van der Waals surface area (Å²) in [7, 11) is 4.45. The number of carbonyl (C=O) groups is 3. The Morgan fingerprint density at radius 3 is 2.34 bits per heavy atom. The maximum Gasteiger partial charge on any atom is 0.414 e. The summed E-state index contributed by atoms with van der Waals surface area (Å²) in [5.41, 5.74) is 1.03. The number of hydrogen-bond acceptors (Lipinski definition) is 9. The number of methoxy groups -OCH3 is 1. The second kappa shape index (κ2) is 14.0. The highest BCUT2D eigenvalue weighted by Gasteiger charge is 2.28. The van der Waals surface area contributed by atoms with Crippen LogP contribution in [0.1, 0.15) is 40.5 Å².